The lowest BCUT2D eigenvalue weighted by molar-refractivity contribution is 0.0957. The quantitative estimate of drug-likeness (QED) is 0.575. The van der Waals surface area contributed by atoms with E-state index in [1.54, 1.807) is 12.1 Å². The Morgan fingerprint density at radius 1 is 0.871 bits per heavy atom. The fraction of sp³-hybridized carbons (Fsp3) is 0.348. The Labute approximate surface area is 180 Å². The van der Waals surface area contributed by atoms with Crippen LogP contribution in [0.3, 0.4) is 0 Å². The largest absolute Gasteiger partial charge is 0.490 e. The molecule has 2 aromatic carbocycles. The zero-order valence-electron chi connectivity index (χ0n) is 17.7. The van der Waals surface area contributed by atoms with Crippen molar-refractivity contribution in [3.05, 3.63) is 47.5 Å². The van der Waals surface area contributed by atoms with Crippen molar-refractivity contribution in [1.82, 2.24) is 5.32 Å². The third-order valence-corrected chi connectivity index (χ3v) is 3.83. The third-order valence-electron chi connectivity index (χ3n) is 3.83. The highest BCUT2D eigenvalue weighted by molar-refractivity contribution is 5.95. The molecular formula is C23H25F2NO5. The van der Waals surface area contributed by atoms with E-state index >= 15 is 0 Å². The monoisotopic (exact) mass is 433 g/mol. The zero-order valence-corrected chi connectivity index (χ0v) is 17.7. The Hall–Kier alpha value is -3.47. The minimum Gasteiger partial charge on any atom is -0.490 e. The van der Waals surface area contributed by atoms with Crippen molar-refractivity contribution < 1.29 is 32.5 Å². The minimum absolute atomic E-state index is 0.0508. The van der Waals surface area contributed by atoms with Gasteiger partial charge in [-0.3, -0.25) is 4.79 Å². The van der Waals surface area contributed by atoms with Crippen LogP contribution in [0.15, 0.2) is 30.3 Å². The number of benzene rings is 2. The van der Waals surface area contributed by atoms with E-state index in [0.29, 0.717) is 42.6 Å². The van der Waals surface area contributed by atoms with Crippen LogP contribution in [0.2, 0.25) is 0 Å². The molecule has 2 rings (SSSR count). The first-order valence-corrected chi connectivity index (χ1v) is 9.88. The van der Waals surface area contributed by atoms with Gasteiger partial charge in [-0.05, 0) is 45.0 Å². The van der Waals surface area contributed by atoms with E-state index in [0.717, 1.165) is 12.1 Å². The van der Waals surface area contributed by atoms with Gasteiger partial charge in [0.25, 0.3) is 5.91 Å². The zero-order chi connectivity index (χ0) is 22.6. The average Bonchev–Trinajstić information content (AvgIpc) is 2.74. The summed E-state index contributed by atoms with van der Waals surface area (Å²) in [6.45, 7) is 6.67. The molecule has 0 bridgehead atoms. The standard InChI is InChI=1S/C23H25F2NO5/c1-4-28-20-13-16(14-21(29-5-2)22(20)30-6-3)23(27)26-11-7-8-12-31-19-10-9-17(24)15-18(19)25/h9-10,13-15H,4-6,11-12H2,1-3H3,(H,26,27). The number of carbonyl (C=O) groups is 1. The summed E-state index contributed by atoms with van der Waals surface area (Å²) in [4.78, 5) is 12.5. The first-order chi connectivity index (χ1) is 15.0. The van der Waals surface area contributed by atoms with Gasteiger partial charge in [0.15, 0.2) is 23.1 Å². The van der Waals surface area contributed by atoms with Crippen molar-refractivity contribution in [2.75, 3.05) is 33.0 Å². The van der Waals surface area contributed by atoms with Gasteiger partial charge in [-0.15, -0.1) is 0 Å². The molecule has 0 heterocycles. The number of nitrogens with one attached hydrogen (secondary N) is 1. The summed E-state index contributed by atoms with van der Waals surface area (Å²) in [5.41, 5.74) is 0.335. The van der Waals surface area contributed by atoms with Crippen molar-refractivity contribution >= 4 is 5.91 Å². The van der Waals surface area contributed by atoms with Gasteiger partial charge in [0.1, 0.15) is 12.4 Å². The molecule has 0 radical (unpaired) electrons. The predicted octanol–water partition coefficient (Wildman–Crippen LogP) is 3.97. The van der Waals surface area contributed by atoms with Gasteiger partial charge in [0.05, 0.1) is 26.4 Å². The molecule has 1 amide bonds. The molecular weight excluding hydrogens is 408 g/mol. The molecule has 0 saturated heterocycles. The van der Waals surface area contributed by atoms with Gasteiger partial charge in [-0.2, -0.15) is 0 Å². The Balaban J connectivity index is 1.99. The topological polar surface area (TPSA) is 66.0 Å². The fourth-order valence-electron chi connectivity index (χ4n) is 2.57. The normalized spacial score (nSPS) is 9.97. The maximum Gasteiger partial charge on any atom is 0.252 e. The summed E-state index contributed by atoms with van der Waals surface area (Å²) >= 11 is 0. The van der Waals surface area contributed by atoms with Crippen molar-refractivity contribution in [1.29, 1.82) is 0 Å². The van der Waals surface area contributed by atoms with Gasteiger partial charge < -0.3 is 24.3 Å². The second-order valence-electron chi connectivity index (χ2n) is 6.00. The van der Waals surface area contributed by atoms with Gasteiger partial charge in [-0.25, -0.2) is 8.78 Å². The second kappa shape index (κ2) is 12.3. The van der Waals surface area contributed by atoms with E-state index in [-0.39, 0.29) is 24.8 Å². The summed E-state index contributed by atoms with van der Waals surface area (Å²) in [6, 6.07) is 6.18. The smallest absolute Gasteiger partial charge is 0.252 e. The van der Waals surface area contributed by atoms with Gasteiger partial charge >= 0.3 is 0 Å². The van der Waals surface area contributed by atoms with Crippen molar-refractivity contribution in [2.45, 2.75) is 20.8 Å². The van der Waals surface area contributed by atoms with Crippen LogP contribution in [0.25, 0.3) is 0 Å². The van der Waals surface area contributed by atoms with Gasteiger partial charge in [-0.1, -0.05) is 11.8 Å². The van der Waals surface area contributed by atoms with Crippen LogP contribution in [-0.4, -0.2) is 38.9 Å². The minimum atomic E-state index is -0.805. The van der Waals surface area contributed by atoms with E-state index < -0.39 is 11.6 Å². The number of halogens is 2. The molecule has 0 aliphatic heterocycles. The van der Waals surface area contributed by atoms with E-state index in [2.05, 4.69) is 17.2 Å². The van der Waals surface area contributed by atoms with E-state index in [1.165, 1.54) is 6.07 Å². The summed E-state index contributed by atoms with van der Waals surface area (Å²) in [5.74, 6) is 4.69. The van der Waals surface area contributed by atoms with Crippen LogP contribution in [0.5, 0.6) is 23.0 Å². The maximum absolute atomic E-state index is 13.5. The molecule has 0 atom stereocenters. The molecule has 0 saturated carbocycles. The maximum atomic E-state index is 13.5. The van der Waals surface area contributed by atoms with Crippen LogP contribution in [-0.2, 0) is 0 Å². The Kier molecular flexibility index (Phi) is 9.43. The molecule has 0 unspecified atom stereocenters. The van der Waals surface area contributed by atoms with Crippen LogP contribution in [0.4, 0.5) is 8.78 Å². The highest BCUT2D eigenvalue weighted by Crippen LogP contribution is 2.39. The molecule has 0 aliphatic carbocycles. The predicted molar refractivity (Wildman–Crippen MR) is 112 cm³/mol. The SMILES string of the molecule is CCOc1cc(C(=O)NCC#CCOc2ccc(F)cc2F)cc(OCC)c1OCC. The van der Waals surface area contributed by atoms with Crippen molar-refractivity contribution in [3.8, 4) is 34.8 Å². The lowest BCUT2D eigenvalue weighted by Gasteiger charge is -2.16. The van der Waals surface area contributed by atoms with Crippen LogP contribution in [0, 0.1) is 23.5 Å². The number of rotatable bonds is 10. The van der Waals surface area contributed by atoms with Gasteiger partial charge in [0.2, 0.25) is 5.75 Å². The Morgan fingerprint density at radius 3 is 2.10 bits per heavy atom. The molecule has 166 valence electrons. The molecule has 31 heavy (non-hydrogen) atoms. The van der Waals surface area contributed by atoms with Crippen LogP contribution in [0.1, 0.15) is 31.1 Å². The number of hydrogen-bond donors (Lipinski definition) is 1. The lowest BCUT2D eigenvalue weighted by Crippen LogP contribution is -2.24. The molecule has 1 N–H and O–H groups in total. The third kappa shape index (κ3) is 7.07. The number of carbonyl (C=O) groups excluding carboxylic acids is 1. The highest BCUT2D eigenvalue weighted by Gasteiger charge is 2.18. The van der Waals surface area contributed by atoms with Crippen molar-refractivity contribution in [2.24, 2.45) is 0 Å². The first-order valence-electron chi connectivity index (χ1n) is 9.88. The lowest BCUT2D eigenvalue weighted by atomic mass is 10.1. The molecule has 2 aromatic rings. The van der Waals surface area contributed by atoms with Crippen molar-refractivity contribution in [3.63, 3.8) is 0 Å². The number of amides is 1. The number of ether oxygens (including phenoxy) is 4. The molecule has 0 aliphatic rings. The van der Waals surface area contributed by atoms with E-state index in [1.807, 2.05) is 20.8 Å². The highest BCUT2D eigenvalue weighted by atomic mass is 19.1. The summed E-state index contributed by atoms with van der Waals surface area (Å²) in [5, 5.41) is 2.66. The summed E-state index contributed by atoms with van der Waals surface area (Å²) in [7, 11) is 0. The van der Waals surface area contributed by atoms with E-state index in [9.17, 15) is 13.6 Å². The second-order valence-corrected chi connectivity index (χ2v) is 6.00. The Bertz CT molecular complexity index is 926. The molecule has 0 fully saturated rings. The summed E-state index contributed by atoms with van der Waals surface area (Å²) < 4.78 is 48.3. The average molecular weight is 433 g/mol. The Morgan fingerprint density at radius 2 is 1.52 bits per heavy atom. The van der Waals surface area contributed by atoms with E-state index in [4.69, 9.17) is 18.9 Å². The first kappa shape index (κ1) is 23.8. The molecule has 8 heteroatoms. The number of hydrogen-bond acceptors (Lipinski definition) is 5. The molecule has 6 nitrogen and oxygen atoms in total. The van der Waals surface area contributed by atoms with Crippen LogP contribution >= 0.6 is 0 Å². The molecule has 0 aromatic heterocycles. The summed E-state index contributed by atoms with van der Waals surface area (Å²) in [6.07, 6.45) is 0. The van der Waals surface area contributed by atoms with Gasteiger partial charge in [0, 0.05) is 11.6 Å². The molecule has 0 spiro atoms. The van der Waals surface area contributed by atoms with Crippen LogP contribution < -0.4 is 24.3 Å². The fourth-order valence-corrected chi connectivity index (χ4v) is 2.57.